The minimum Gasteiger partial charge on any atom is -0.464 e. The Morgan fingerprint density at radius 1 is 1.15 bits per heavy atom. The van der Waals surface area contributed by atoms with Crippen molar-refractivity contribution in [3.8, 4) is 0 Å². The number of hydrogen-bond acceptors (Lipinski definition) is 4. The summed E-state index contributed by atoms with van der Waals surface area (Å²) < 4.78 is 5.70. The molecule has 108 valence electrons. The van der Waals surface area contributed by atoms with Gasteiger partial charge in [-0.15, -0.1) is 0 Å². The van der Waals surface area contributed by atoms with Crippen LogP contribution < -0.4 is 5.32 Å². The average molecular weight is 291 g/mol. The second-order valence-electron chi connectivity index (χ2n) is 4.75. The Hall–Kier alpha value is -1.23. The Bertz CT molecular complexity index is 498. The molecule has 1 aromatic carbocycles. The van der Waals surface area contributed by atoms with Crippen molar-refractivity contribution in [2.24, 2.45) is 0 Å². The predicted molar refractivity (Wildman–Crippen MR) is 83.8 cm³/mol. The van der Waals surface area contributed by atoms with Crippen molar-refractivity contribution in [2.75, 3.05) is 12.9 Å². The molecule has 0 bridgehead atoms. The Morgan fingerprint density at radius 3 is 2.60 bits per heavy atom. The summed E-state index contributed by atoms with van der Waals surface area (Å²) in [6, 6.07) is 14.2. The third-order valence-electron chi connectivity index (χ3n) is 3.11. The largest absolute Gasteiger partial charge is 0.464 e. The van der Waals surface area contributed by atoms with Gasteiger partial charge < -0.3 is 14.8 Å². The Morgan fingerprint density at radius 2 is 1.90 bits per heavy atom. The number of aliphatic hydroxyl groups is 1. The number of aliphatic hydroxyl groups excluding tert-OH is 1. The SMILES string of the molecule is CSCc1ccc(CNC(CO)Cc2ccccc2)o1. The van der Waals surface area contributed by atoms with Gasteiger partial charge in [-0.3, -0.25) is 0 Å². The molecule has 0 aliphatic rings. The van der Waals surface area contributed by atoms with Crippen LogP contribution in [0.25, 0.3) is 0 Å². The number of furan rings is 1. The first kappa shape index (κ1) is 15.2. The van der Waals surface area contributed by atoms with E-state index in [0.29, 0.717) is 6.54 Å². The van der Waals surface area contributed by atoms with Crippen LogP contribution in [0.4, 0.5) is 0 Å². The molecule has 0 aliphatic carbocycles. The molecule has 0 fully saturated rings. The molecule has 0 spiro atoms. The summed E-state index contributed by atoms with van der Waals surface area (Å²) in [6.45, 7) is 0.764. The summed E-state index contributed by atoms with van der Waals surface area (Å²) >= 11 is 1.74. The second-order valence-corrected chi connectivity index (χ2v) is 5.62. The fraction of sp³-hybridized carbons (Fsp3) is 0.375. The fourth-order valence-electron chi connectivity index (χ4n) is 2.08. The molecule has 0 aliphatic heterocycles. The van der Waals surface area contributed by atoms with Crippen LogP contribution in [-0.2, 0) is 18.7 Å². The maximum atomic E-state index is 9.46. The van der Waals surface area contributed by atoms with Gasteiger partial charge in [-0.2, -0.15) is 11.8 Å². The van der Waals surface area contributed by atoms with Crippen molar-refractivity contribution >= 4 is 11.8 Å². The highest BCUT2D eigenvalue weighted by molar-refractivity contribution is 7.97. The van der Waals surface area contributed by atoms with Gasteiger partial charge in [-0.05, 0) is 30.4 Å². The molecular formula is C16H21NO2S. The number of thioether (sulfide) groups is 1. The average Bonchev–Trinajstić information content (AvgIpc) is 2.92. The molecule has 0 saturated heterocycles. The topological polar surface area (TPSA) is 45.4 Å². The van der Waals surface area contributed by atoms with E-state index < -0.39 is 0 Å². The molecule has 1 heterocycles. The van der Waals surface area contributed by atoms with Gasteiger partial charge in [0.2, 0.25) is 0 Å². The molecule has 0 saturated carbocycles. The summed E-state index contributed by atoms with van der Waals surface area (Å²) in [7, 11) is 0. The quantitative estimate of drug-likeness (QED) is 0.785. The lowest BCUT2D eigenvalue weighted by atomic mass is 10.1. The number of benzene rings is 1. The van der Waals surface area contributed by atoms with Crippen LogP contribution in [0.15, 0.2) is 46.9 Å². The molecular weight excluding hydrogens is 270 g/mol. The molecule has 2 rings (SSSR count). The first-order valence-electron chi connectivity index (χ1n) is 6.76. The van der Waals surface area contributed by atoms with E-state index in [1.807, 2.05) is 30.3 Å². The standard InChI is InChI=1S/C16H21NO2S/c1-20-12-16-8-7-15(19-16)10-17-14(11-18)9-13-5-3-2-4-6-13/h2-8,14,17-18H,9-12H2,1H3. The highest BCUT2D eigenvalue weighted by Gasteiger charge is 2.09. The van der Waals surface area contributed by atoms with Crippen LogP contribution in [0.5, 0.6) is 0 Å². The van der Waals surface area contributed by atoms with E-state index in [4.69, 9.17) is 4.42 Å². The molecule has 1 aromatic heterocycles. The van der Waals surface area contributed by atoms with Gasteiger partial charge in [0.1, 0.15) is 11.5 Å². The second kappa shape index (κ2) is 8.15. The summed E-state index contributed by atoms with van der Waals surface area (Å²) in [5.74, 6) is 2.81. The van der Waals surface area contributed by atoms with Crippen molar-refractivity contribution in [1.29, 1.82) is 0 Å². The zero-order chi connectivity index (χ0) is 14.2. The smallest absolute Gasteiger partial charge is 0.118 e. The minimum atomic E-state index is 0.0477. The van der Waals surface area contributed by atoms with Crippen LogP contribution in [-0.4, -0.2) is 24.0 Å². The van der Waals surface area contributed by atoms with E-state index in [-0.39, 0.29) is 12.6 Å². The van der Waals surface area contributed by atoms with Gasteiger partial charge >= 0.3 is 0 Å². The maximum absolute atomic E-state index is 9.46. The molecule has 2 aromatic rings. The Balaban J connectivity index is 1.83. The van der Waals surface area contributed by atoms with Crippen molar-refractivity contribution in [3.63, 3.8) is 0 Å². The van der Waals surface area contributed by atoms with Crippen LogP contribution in [0.1, 0.15) is 17.1 Å². The van der Waals surface area contributed by atoms with Crippen molar-refractivity contribution in [2.45, 2.75) is 24.8 Å². The van der Waals surface area contributed by atoms with Crippen molar-refractivity contribution in [3.05, 3.63) is 59.5 Å². The lowest BCUT2D eigenvalue weighted by molar-refractivity contribution is 0.238. The van der Waals surface area contributed by atoms with Gasteiger partial charge in [0.15, 0.2) is 0 Å². The van der Waals surface area contributed by atoms with Gasteiger partial charge in [-0.25, -0.2) is 0 Å². The van der Waals surface area contributed by atoms with E-state index in [1.165, 1.54) is 5.56 Å². The molecule has 1 unspecified atom stereocenters. The van der Waals surface area contributed by atoms with Crippen LogP contribution in [0, 0.1) is 0 Å². The van der Waals surface area contributed by atoms with E-state index >= 15 is 0 Å². The highest BCUT2D eigenvalue weighted by Crippen LogP contribution is 2.13. The summed E-state index contributed by atoms with van der Waals surface area (Å²) in [4.78, 5) is 0. The van der Waals surface area contributed by atoms with Crippen molar-refractivity contribution in [1.82, 2.24) is 5.32 Å². The monoisotopic (exact) mass is 291 g/mol. The third-order valence-corrected chi connectivity index (χ3v) is 3.69. The van der Waals surface area contributed by atoms with Gasteiger partial charge in [0.05, 0.1) is 18.9 Å². The summed E-state index contributed by atoms with van der Waals surface area (Å²) in [6.07, 6.45) is 2.87. The van der Waals surface area contributed by atoms with Gasteiger partial charge in [0.25, 0.3) is 0 Å². The summed E-state index contributed by atoms with van der Waals surface area (Å²) in [5, 5.41) is 12.8. The lowest BCUT2D eigenvalue weighted by Crippen LogP contribution is -2.33. The molecule has 1 atom stereocenters. The first-order valence-corrected chi connectivity index (χ1v) is 8.16. The van der Waals surface area contributed by atoms with Crippen molar-refractivity contribution < 1.29 is 9.52 Å². The first-order chi connectivity index (χ1) is 9.81. The fourth-order valence-corrected chi connectivity index (χ4v) is 2.52. The lowest BCUT2D eigenvalue weighted by Gasteiger charge is -2.15. The van der Waals surface area contributed by atoms with E-state index in [1.54, 1.807) is 11.8 Å². The zero-order valence-electron chi connectivity index (χ0n) is 11.7. The van der Waals surface area contributed by atoms with Crippen LogP contribution in [0.2, 0.25) is 0 Å². The van der Waals surface area contributed by atoms with E-state index in [2.05, 4.69) is 23.7 Å². The number of rotatable bonds is 8. The van der Waals surface area contributed by atoms with Gasteiger partial charge in [-0.1, -0.05) is 30.3 Å². The molecule has 0 radical (unpaired) electrons. The molecule has 2 N–H and O–H groups in total. The zero-order valence-corrected chi connectivity index (χ0v) is 12.5. The minimum absolute atomic E-state index is 0.0477. The van der Waals surface area contributed by atoms with E-state index in [0.717, 1.165) is 23.7 Å². The molecule has 0 amide bonds. The van der Waals surface area contributed by atoms with Gasteiger partial charge in [0, 0.05) is 6.04 Å². The molecule has 4 heteroatoms. The normalized spacial score (nSPS) is 12.5. The third kappa shape index (κ3) is 4.71. The molecule has 3 nitrogen and oxygen atoms in total. The Labute approximate surface area is 124 Å². The van der Waals surface area contributed by atoms with Crippen LogP contribution in [0.3, 0.4) is 0 Å². The predicted octanol–water partition coefficient (Wildman–Crippen LogP) is 2.84. The summed E-state index contributed by atoms with van der Waals surface area (Å²) in [5.41, 5.74) is 1.22. The number of nitrogens with one attached hydrogen (secondary N) is 1. The van der Waals surface area contributed by atoms with E-state index in [9.17, 15) is 5.11 Å². The Kier molecular flexibility index (Phi) is 6.18. The molecule has 20 heavy (non-hydrogen) atoms. The maximum Gasteiger partial charge on any atom is 0.118 e. The highest BCUT2D eigenvalue weighted by atomic mass is 32.2. The number of hydrogen-bond donors (Lipinski definition) is 2. The van der Waals surface area contributed by atoms with Crippen LogP contribution >= 0.6 is 11.8 Å².